The fourth-order valence-corrected chi connectivity index (χ4v) is 2.68. The molecule has 0 aromatic heterocycles. The third kappa shape index (κ3) is 2.65. The van der Waals surface area contributed by atoms with Crippen LogP contribution in [0.15, 0.2) is 4.99 Å². The lowest BCUT2D eigenvalue weighted by Gasteiger charge is -2.23. The van der Waals surface area contributed by atoms with Gasteiger partial charge in [-0.05, 0) is 6.92 Å². The van der Waals surface area contributed by atoms with Crippen LogP contribution in [0.4, 0.5) is 0 Å². The van der Waals surface area contributed by atoms with E-state index in [1.807, 2.05) is 0 Å². The number of hydrogen-bond donors (Lipinski definition) is 1. The minimum Gasteiger partial charge on any atom is -0.378 e. The van der Waals surface area contributed by atoms with E-state index in [2.05, 4.69) is 17.2 Å². The van der Waals surface area contributed by atoms with Gasteiger partial charge < -0.3 is 14.8 Å². The van der Waals surface area contributed by atoms with Gasteiger partial charge >= 0.3 is 0 Å². The van der Waals surface area contributed by atoms with Gasteiger partial charge in [-0.3, -0.25) is 4.99 Å². The highest BCUT2D eigenvalue weighted by Crippen LogP contribution is 2.23. The molecule has 0 aromatic rings. The summed E-state index contributed by atoms with van der Waals surface area (Å²) >= 11 is 1.79. The number of nitrogens with zero attached hydrogens (tertiary/aromatic N) is 1. The van der Waals surface area contributed by atoms with Gasteiger partial charge in [0.2, 0.25) is 0 Å². The average molecular weight is 230 g/mol. The lowest BCUT2D eigenvalue weighted by atomic mass is 10.0. The lowest BCUT2D eigenvalue weighted by Crippen LogP contribution is -2.36. The molecule has 2 saturated heterocycles. The highest BCUT2D eigenvalue weighted by atomic mass is 32.2. The van der Waals surface area contributed by atoms with Gasteiger partial charge in [-0.25, -0.2) is 0 Å². The number of methoxy groups -OCH3 is 1. The van der Waals surface area contributed by atoms with Gasteiger partial charge in [-0.1, -0.05) is 11.8 Å². The van der Waals surface area contributed by atoms with Gasteiger partial charge in [-0.15, -0.1) is 0 Å². The van der Waals surface area contributed by atoms with Crippen LogP contribution < -0.4 is 5.32 Å². The highest BCUT2D eigenvalue weighted by molar-refractivity contribution is 8.14. The molecule has 0 aliphatic carbocycles. The van der Waals surface area contributed by atoms with Crippen molar-refractivity contribution in [1.82, 2.24) is 5.32 Å². The molecule has 0 amide bonds. The van der Waals surface area contributed by atoms with Gasteiger partial charge in [0.05, 0.1) is 13.2 Å². The standard InChI is InChI=1S/C10H18N2O2S/c1-8-5-15-9(12-8)11-6-10(13-2)3-4-14-7-10/h8H,3-7H2,1-2H3,(H,11,12). The molecule has 2 heterocycles. The monoisotopic (exact) mass is 230 g/mol. The first-order valence-corrected chi connectivity index (χ1v) is 6.29. The second-order valence-corrected chi connectivity index (χ2v) is 5.18. The minimum absolute atomic E-state index is 0.179. The quantitative estimate of drug-likeness (QED) is 0.781. The fraction of sp³-hybridized carbons (Fsp3) is 0.900. The van der Waals surface area contributed by atoms with Crippen LogP contribution >= 0.6 is 11.8 Å². The van der Waals surface area contributed by atoms with E-state index < -0.39 is 0 Å². The van der Waals surface area contributed by atoms with Crippen LogP contribution in [-0.2, 0) is 9.47 Å². The third-order valence-corrected chi connectivity index (χ3v) is 4.04. The molecule has 0 radical (unpaired) electrons. The van der Waals surface area contributed by atoms with Crippen LogP contribution in [0.5, 0.6) is 0 Å². The topological polar surface area (TPSA) is 42.8 Å². The Bertz CT molecular complexity index is 252. The first-order chi connectivity index (χ1) is 7.24. The summed E-state index contributed by atoms with van der Waals surface area (Å²) in [5, 5.41) is 4.38. The maximum atomic E-state index is 5.52. The minimum atomic E-state index is -0.179. The van der Waals surface area contributed by atoms with Crippen molar-refractivity contribution < 1.29 is 9.47 Å². The number of rotatable bonds is 3. The van der Waals surface area contributed by atoms with E-state index in [9.17, 15) is 0 Å². The van der Waals surface area contributed by atoms with Crippen molar-refractivity contribution in [3.63, 3.8) is 0 Å². The molecule has 4 nitrogen and oxygen atoms in total. The van der Waals surface area contributed by atoms with Crippen molar-refractivity contribution in [2.45, 2.75) is 25.0 Å². The highest BCUT2D eigenvalue weighted by Gasteiger charge is 2.35. The Kier molecular flexibility index (Phi) is 3.53. The van der Waals surface area contributed by atoms with E-state index in [1.165, 1.54) is 0 Å². The zero-order chi connectivity index (χ0) is 10.7. The van der Waals surface area contributed by atoms with Crippen molar-refractivity contribution in [3.05, 3.63) is 0 Å². The van der Waals surface area contributed by atoms with Crippen LogP contribution in [0.2, 0.25) is 0 Å². The van der Waals surface area contributed by atoms with Crippen molar-refractivity contribution in [2.24, 2.45) is 4.99 Å². The number of thioether (sulfide) groups is 1. The Labute approximate surface area is 94.8 Å². The molecule has 2 fully saturated rings. The normalized spacial score (nSPS) is 38.5. The van der Waals surface area contributed by atoms with Gasteiger partial charge in [0, 0.05) is 31.9 Å². The van der Waals surface area contributed by atoms with Crippen LogP contribution in [0.25, 0.3) is 0 Å². The maximum absolute atomic E-state index is 5.52. The molecule has 0 spiro atoms. The summed E-state index contributed by atoms with van der Waals surface area (Å²) in [5.41, 5.74) is -0.179. The van der Waals surface area contributed by atoms with Crippen molar-refractivity contribution in [2.75, 3.05) is 32.6 Å². The SMILES string of the molecule is COC1(CN=C2NC(C)CS2)CCOC1. The molecule has 1 N–H and O–H groups in total. The predicted molar refractivity (Wildman–Crippen MR) is 62.5 cm³/mol. The second-order valence-electron chi connectivity index (χ2n) is 4.17. The van der Waals surface area contributed by atoms with Crippen LogP contribution in [0, 0.1) is 0 Å². The average Bonchev–Trinajstić information content (AvgIpc) is 2.85. The van der Waals surface area contributed by atoms with E-state index >= 15 is 0 Å². The Hall–Kier alpha value is -0.260. The summed E-state index contributed by atoms with van der Waals surface area (Å²) < 4.78 is 10.9. The zero-order valence-electron chi connectivity index (χ0n) is 9.28. The molecule has 2 unspecified atom stereocenters. The van der Waals surface area contributed by atoms with Crippen LogP contribution in [0.1, 0.15) is 13.3 Å². The maximum Gasteiger partial charge on any atom is 0.156 e. The van der Waals surface area contributed by atoms with Crippen molar-refractivity contribution in [3.8, 4) is 0 Å². The summed E-state index contributed by atoms with van der Waals surface area (Å²) in [4.78, 5) is 4.56. The Balaban J connectivity index is 1.90. The summed E-state index contributed by atoms with van der Waals surface area (Å²) in [6.07, 6.45) is 0.945. The second kappa shape index (κ2) is 4.72. The number of aliphatic imine (C=N–C) groups is 1. The number of amidine groups is 1. The molecule has 86 valence electrons. The van der Waals surface area contributed by atoms with Gasteiger partial charge in [0.15, 0.2) is 5.17 Å². The third-order valence-electron chi connectivity index (χ3n) is 2.85. The molecule has 0 aromatic carbocycles. The largest absolute Gasteiger partial charge is 0.378 e. The van der Waals surface area contributed by atoms with Crippen LogP contribution in [-0.4, -0.2) is 49.4 Å². The van der Waals surface area contributed by atoms with Gasteiger partial charge in [0.25, 0.3) is 0 Å². The van der Waals surface area contributed by atoms with Crippen molar-refractivity contribution in [1.29, 1.82) is 0 Å². The number of hydrogen-bond acceptors (Lipinski definition) is 4. The van der Waals surface area contributed by atoms with Gasteiger partial charge in [0.1, 0.15) is 5.60 Å². The molecular weight excluding hydrogens is 212 g/mol. The molecule has 0 saturated carbocycles. The first-order valence-electron chi connectivity index (χ1n) is 5.31. The summed E-state index contributed by atoms with van der Waals surface area (Å²) in [5.74, 6) is 1.11. The number of ether oxygens (including phenoxy) is 2. The lowest BCUT2D eigenvalue weighted by molar-refractivity contribution is -0.00898. The molecule has 2 aliphatic rings. The summed E-state index contributed by atoms with van der Waals surface area (Å²) in [6, 6.07) is 0.534. The van der Waals surface area contributed by atoms with E-state index in [0.717, 1.165) is 23.9 Å². The number of nitrogens with one attached hydrogen (secondary N) is 1. The van der Waals surface area contributed by atoms with E-state index in [0.29, 0.717) is 19.2 Å². The predicted octanol–water partition coefficient (Wildman–Crippen LogP) is 0.873. The smallest absolute Gasteiger partial charge is 0.156 e. The molecule has 2 rings (SSSR count). The summed E-state index contributed by atoms with van der Waals surface area (Å²) in [7, 11) is 1.74. The molecular formula is C10H18N2O2S. The van der Waals surface area contributed by atoms with E-state index in [1.54, 1.807) is 18.9 Å². The molecule has 5 heteroatoms. The fourth-order valence-electron chi connectivity index (χ4n) is 1.74. The molecule has 0 bridgehead atoms. The van der Waals surface area contributed by atoms with E-state index in [4.69, 9.17) is 9.47 Å². The Morgan fingerprint density at radius 2 is 2.60 bits per heavy atom. The summed E-state index contributed by atoms with van der Waals surface area (Å²) in [6.45, 7) is 4.32. The zero-order valence-corrected chi connectivity index (χ0v) is 10.1. The molecule has 2 aliphatic heterocycles. The van der Waals surface area contributed by atoms with Crippen LogP contribution in [0.3, 0.4) is 0 Å². The Morgan fingerprint density at radius 1 is 1.73 bits per heavy atom. The van der Waals surface area contributed by atoms with E-state index in [-0.39, 0.29) is 5.60 Å². The Morgan fingerprint density at radius 3 is 3.13 bits per heavy atom. The molecule has 2 atom stereocenters. The van der Waals surface area contributed by atoms with Crippen molar-refractivity contribution >= 4 is 16.9 Å². The van der Waals surface area contributed by atoms with Gasteiger partial charge in [-0.2, -0.15) is 0 Å². The molecule has 15 heavy (non-hydrogen) atoms. The first kappa shape index (κ1) is 11.2.